The maximum Gasteiger partial charge on any atom is 0.191 e. The number of benzene rings is 1. The van der Waals surface area contributed by atoms with Crippen LogP contribution in [0.25, 0.3) is 0 Å². The molecule has 0 amide bonds. The van der Waals surface area contributed by atoms with Gasteiger partial charge in [0.1, 0.15) is 23.7 Å². The molecule has 1 aromatic heterocycles. The first-order valence-electron chi connectivity index (χ1n) is 11.0. The highest BCUT2D eigenvalue weighted by molar-refractivity contribution is 5.80. The molecule has 0 bridgehead atoms. The van der Waals surface area contributed by atoms with E-state index in [0.29, 0.717) is 12.6 Å². The average molecular weight is 430 g/mol. The summed E-state index contributed by atoms with van der Waals surface area (Å²) in [5.41, 5.74) is 1.19. The maximum absolute atomic E-state index is 5.40. The summed E-state index contributed by atoms with van der Waals surface area (Å²) in [7, 11) is 3.37. The van der Waals surface area contributed by atoms with Crippen molar-refractivity contribution < 1.29 is 9.47 Å². The van der Waals surface area contributed by atoms with Gasteiger partial charge in [0.25, 0.3) is 0 Å². The standard InChI is InChI=1S/C22H35N7O2/c1-5-21-27-25-16-29(21)10-8-24-22(23-6-2)26-18-7-9-28(15-18)14-17-11-19(30-3)13-20(12-17)31-4/h11-13,16,18H,5-10,14-15H2,1-4H3,(H2,23,24,26). The smallest absolute Gasteiger partial charge is 0.191 e. The quantitative estimate of drug-likeness (QED) is 0.439. The van der Waals surface area contributed by atoms with Crippen molar-refractivity contribution >= 4 is 5.96 Å². The van der Waals surface area contributed by atoms with Gasteiger partial charge in [0.15, 0.2) is 5.96 Å². The largest absolute Gasteiger partial charge is 0.497 e. The van der Waals surface area contributed by atoms with Crippen LogP contribution in [0, 0.1) is 0 Å². The Hall–Kier alpha value is -2.81. The van der Waals surface area contributed by atoms with Gasteiger partial charge in [-0.25, -0.2) is 0 Å². The highest BCUT2D eigenvalue weighted by Gasteiger charge is 2.23. The van der Waals surface area contributed by atoms with Crippen molar-refractivity contribution in [3.63, 3.8) is 0 Å². The Bertz CT molecular complexity index is 830. The number of aryl methyl sites for hydroxylation is 1. The van der Waals surface area contributed by atoms with Crippen molar-refractivity contribution in [3.8, 4) is 11.5 Å². The Morgan fingerprint density at radius 1 is 1.19 bits per heavy atom. The Balaban J connectivity index is 1.53. The van der Waals surface area contributed by atoms with Gasteiger partial charge in [-0.2, -0.15) is 0 Å². The predicted molar refractivity (Wildman–Crippen MR) is 122 cm³/mol. The van der Waals surface area contributed by atoms with Gasteiger partial charge in [-0.1, -0.05) is 6.92 Å². The van der Waals surface area contributed by atoms with Crippen LogP contribution in [0.3, 0.4) is 0 Å². The van der Waals surface area contributed by atoms with Gasteiger partial charge in [-0.15, -0.1) is 10.2 Å². The van der Waals surface area contributed by atoms with Crippen LogP contribution in [-0.4, -0.2) is 72.1 Å². The van der Waals surface area contributed by atoms with Crippen molar-refractivity contribution in [2.75, 3.05) is 40.4 Å². The lowest BCUT2D eigenvalue weighted by Gasteiger charge is -2.19. The third-order valence-corrected chi connectivity index (χ3v) is 5.40. The average Bonchev–Trinajstić information content (AvgIpc) is 3.42. The normalized spacial score (nSPS) is 17.0. The van der Waals surface area contributed by atoms with Crippen molar-refractivity contribution in [3.05, 3.63) is 35.9 Å². The molecule has 2 aromatic rings. The molecule has 9 heteroatoms. The van der Waals surface area contributed by atoms with Crippen LogP contribution in [0.2, 0.25) is 0 Å². The molecule has 3 rings (SSSR count). The summed E-state index contributed by atoms with van der Waals surface area (Å²) < 4.78 is 12.9. The number of aromatic nitrogens is 3. The molecular formula is C22H35N7O2. The number of hydrogen-bond acceptors (Lipinski definition) is 6. The van der Waals surface area contributed by atoms with Crippen molar-refractivity contribution in [2.45, 2.75) is 45.8 Å². The second-order valence-electron chi connectivity index (χ2n) is 7.64. The molecule has 2 N–H and O–H groups in total. The van der Waals surface area contributed by atoms with Crippen molar-refractivity contribution in [1.82, 2.24) is 30.3 Å². The van der Waals surface area contributed by atoms with E-state index in [1.807, 2.05) is 6.07 Å². The number of guanidine groups is 1. The second-order valence-corrected chi connectivity index (χ2v) is 7.64. The third-order valence-electron chi connectivity index (χ3n) is 5.40. The molecule has 2 heterocycles. The van der Waals surface area contributed by atoms with Crippen LogP contribution in [0.5, 0.6) is 11.5 Å². The monoisotopic (exact) mass is 429 g/mol. The van der Waals surface area contributed by atoms with Crippen LogP contribution >= 0.6 is 0 Å². The van der Waals surface area contributed by atoms with Gasteiger partial charge < -0.3 is 24.7 Å². The van der Waals surface area contributed by atoms with E-state index in [4.69, 9.17) is 14.5 Å². The van der Waals surface area contributed by atoms with Crippen molar-refractivity contribution in [2.24, 2.45) is 4.99 Å². The van der Waals surface area contributed by atoms with Gasteiger partial charge in [-0.05, 0) is 31.0 Å². The molecule has 0 spiro atoms. The molecule has 1 unspecified atom stereocenters. The molecule has 1 atom stereocenters. The zero-order valence-corrected chi connectivity index (χ0v) is 19.1. The van der Waals surface area contributed by atoms with Crippen LogP contribution in [0.15, 0.2) is 29.5 Å². The molecule has 1 aliphatic heterocycles. The number of hydrogen-bond donors (Lipinski definition) is 2. The minimum atomic E-state index is 0.367. The lowest BCUT2D eigenvalue weighted by atomic mass is 10.2. The Morgan fingerprint density at radius 2 is 1.97 bits per heavy atom. The van der Waals surface area contributed by atoms with E-state index >= 15 is 0 Å². The molecule has 1 aliphatic rings. The summed E-state index contributed by atoms with van der Waals surface area (Å²) in [6.45, 7) is 9.34. The fraction of sp³-hybridized carbons (Fsp3) is 0.591. The van der Waals surface area contributed by atoms with E-state index in [-0.39, 0.29) is 0 Å². The van der Waals surface area contributed by atoms with Gasteiger partial charge >= 0.3 is 0 Å². The SMILES string of the molecule is CCNC(=NCCn1cnnc1CC)NC1CCN(Cc2cc(OC)cc(OC)c2)C1. The molecule has 1 aromatic carbocycles. The van der Waals surface area contributed by atoms with Gasteiger partial charge in [-0.3, -0.25) is 9.89 Å². The molecule has 0 aliphatic carbocycles. The summed E-state index contributed by atoms with van der Waals surface area (Å²) >= 11 is 0. The molecule has 0 radical (unpaired) electrons. The van der Waals surface area contributed by atoms with E-state index in [1.165, 1.54) is 5.56 Å². The predicted octanol–water partition coefficient (Wildman–Crippen LogP) is 1.69. The lowest BCUT2D eigenvalue weighted by Crippen LogP contribution is -2.44. The molecule has 170 valence electrons. The number of rotatable bonds is 10. The number of ether oxygens (including phenoxy) is 2. The summed E-state index contributed by atoms with van der Waals surface area (Å²) in [4.78, 5) is 7.19. The molecule has 9 nitrogen and oxygen atoms in total. The van der Waals surface area contributed by atoms with Crippen LogP contribution in [-0.2, 0) is 19.5 Å². The number of nitrogens with zero attached hydrogens (tertiary/aromatic N) is 5. The first kappa shape index (κ1) is 22.9. The van der Waals surface area contributed by atoms with Gasteiger partial charge in [0, 0.05) is 51.3 Å². The van der Waals surface area contributed by atoms with E-state index in [1.54, 1.807) is 20.5 Å². The maximum atomic E-state index is 5.40. The summed E-state index contributed by atoms with van der Waals surface area (Å²) in [6.07, 6.45) is 3.73. The lowest BCUT2D eigenvalue weighted by molar-refractivity contribution is 0.321. The minimum Gasteiger partial charge on any atom is -0.497 e. The number of nitrogens with one attached hydrogen (secondary N) is 2. The van der Waals surface area contributed by atoms with Gasteiger partial charge in [0.05, 0.1) is 20.8 Å². The first-order valence-corrected chi connectivity index (χ1v) is 11.0. The fourth-order valence-electron chi connectivity index (χ4n) is 3.83. The highest BCUT2D eigenvalue weighted by Crippen LogP contribution is 2.24. The minimum absolute atomic E-state index is 0.367. The molecule has 1 saturated heterocycles. The zero-order valence-electron chi connectivity index (χ0n) is 19.1. The van der Waals surface area contributed by atoms with E-state index in [2.05, 4.69) is 56.3 Å². The highest BCUT2D eigenvalue weighted by atomic mass is 16.5. The van der Waals surface area contributed by atoms with Crippen LogP contribution in [0.1, 0.15) is 31.7 Å². The van der Waals surface area contributed by atoms with E-state index in [0.717, 1.165) is 68.8 Å². The summed E-state index contributed by atoms with van der Waals surface area (Å²) in [5, 5.41) is 15.1. The first-order chi connectivity index (χ1) is 15.1. The second kappa shape index (κ2) is 11.5. The number of methoxy groups -OCH3 is 2. The zero-order chi connectivity index (χ0) is 22.1. The molecular weight excluding hydrogens is 394 g/mol. The Morgan fingerprint density at radius 3 is 2.65 bits per heavy atom. The number of likely N-dealkylation sites (tertiary alicyclic amines) is 1. The van der Waals surface area contributed by atoms with Crippen LogP contribution in [0.4, 0.5) is 0 Å². The third kappa shape index (κ3) is 6.58. The van der Waals surface area contributed by atoms with E-state index in [9.17, 15) is 0 Å². The van der Waals surface area contributed by atoms with Gasteiger partial charge in [0.2, 0.25) is 0 Å². The Labute approximate surface area is 184 Å². The van der Waals surface area contributed by atoms with Crippen molar-refractivity contribution in [1.29, 1.82) is 0 Å². The molecule has 1 fully saturated rings. The van der Waals surface area contributed by atoms with E-state index < -0.39 is 0 Å². The Kier molecular flexibility index (Phi) is 8.52. The fourth-order valence-corrected chi connectivity index (χ4v) is 3.83. The number of aliphatic imine (C=N–C) groups is 1. The molecule has 31 heavy (non-hydrogen) atoms. The van der Waals surface area contributed by atoms with Crippen LogP contribution < -0.4 is 20.1 Å². The molecule has 0 saturated carbocycles. The topological polar surface area (TPSA) is 88.8 Å². The summed E-state index contributed by atoms with van der Waals surface area (Å²) in [5.74, 6) is 3.51. The summed E-state index contributed by atoms with van der Waals surface area (Å²) in [6, 6.07) is 6.42.